The van der Waals surface area contributed by atoms with Crippen LogP contribution in [0.15, 0.2) is 52.0 Å². The molecule has 2 amide bonds. The number of carbonyl (C=O) groups is 2. The highest BCUT2D eigenvalue weighted by Crippen LogP contribution is 2.29. The van der Waals surface area contributed by atoms with Crippen LogP contribution in [0.5, 0.6) is 0 Å². The van der Waals surface area contributed by atoms with Gasteiger partial charge < -0.3 is 15.1 Å². The zero-order valence-electron chi connectivity index (χ0n) is 16.4. The molecular formula is C20H26N2O5S. The molecule has 0 aliphatic carbocycles. The highest BCUT2D eigenvalue weighted by molar-refractivity contribution is 7.91. The number of hydrogen-bond acceptors (Lipinski definition) is 5. The predicted molar refractivity (Wildman–Crippen MR) is 105 cm³/mol. The first-order chi connectivity index (χ1) is 13.1. The largest absolute Gasteiger partial charge is 0.468 e. The Balaban J connectivity index is 2.25. The van der Waals surface area contributed by atoms with Crippen LogP contribution in [-0.4, -0.2) is 32.8 Å². The molecule has 152 valence electrons. The van der Waals surface area contributed by atoms with Crippen molar-refractivity contribution in [2.75, 3.05) is 6.54 Å². The maximum absolute atomic E-state index is 13.2. The van der Waals surface area contributed by atoms with Crippen molar-refractivity contribution in [2.45, 2.75) is 49.8 Å². The van der Waals surface area contributed by atoms with Crippen molar-refractivity contribution < 1.29 is 22.4 Å². The van der Waals surface area contributed by atoms with Crippen molar-refractivity contribution in [1.82, 2.24) is 10.6 Å². The van der Waals surface area contributed by atoms with Crippen molar-refractivity contribution in [3.8, 4) is 0 Å². The lowest BCUT2D eigenvalue weighted by Crippen LogP contribution is -2.44. The lowest BCUT2D eigenvalue weighted by atomic mass is 10.0. The van der Waals surface area contributed by atoms with Gasteiger partial charge in [-0.1, -0.05) is 26.0 Å². The molecule has 1 atom stereocenters. The number of nitrogens with one attached hydrogen (secondary N) is 2. The van der Waals surface area contributed by atoms with Gasteiger partial charge in [0, 0.05) is 12.6 Å². The van der Waals surface area contributed by atoms with E-state index in [1.165, 1.54) is 12.3 Å². The lowest BCUT2D eigenvalue weighted by molar-refractivity contribution is -0.139. The highest BCUT2D eigenvalue weighted by atomic mass is 32.2. The normalized spacial score (nSPS) is 12.8. The van der Waals surface area contributed by atoms with E-state index in [0.717, 1.165) is 5.56 Å². The molecule has 1 aromatic carbocycles. The molecule has 28 heavy (non-hydrogen) atoms. The third-order valence-electron chi connectivity index (χ3n) is 4.18. The molecule has 0 radical (unpaired) electrons. The van der Waals surface area contributed by atoms with Gasteiger partial charge in [-0.05, 0) is 49.6 Å². The Morgan fingerprint density at radius 2 is 1.64 bits per heavy atom. The molecule has 2 N–H and O–H groups in total. The lowest BCUT2D eigenvalue weighted by Gasteiger charge is -2.17. The molecule has 0 fully saturated rings. The quantitative estimate of drug-likeness (QED) is 0.688. The van der Waals surface area contributed by atoms with Crippen LogP contribution >= 0.6 is 0 Å². The van der Waals surface area contributed by atoms with Gasteiger partial charge in [-0.15, -0.1) is 0 Å². The van der Waals surface area contributed by atoms with Gasteiger partial charge in [0.1, 0.15) is 11.0 Å². The van der Waals surface area contributed by atoms with Crippen LogP contribution in [-0.2, 0) is 19.4 Å². The van der Waals surface area contributed by atoms with Gasteiger partial charge in [0.2, 0.25) is 0 Å². The minimum Gasteiger partial charge on any atom is -0.468 e. The van der Waals surface area contributed by atoms with E-state index < -0.39 is 26.9 Å². The molecule has 2 rings (SSSR count). The molecule has 1 heterocycles. The molecule has 0 bridgehead atoms. The Morgan fingerprint density at radius 3 is 2.14 bits per heavy atom. The summed E-state index contributed by atoms with van der Waals surface area (Å²) in [4.78, 5) is 23.9. The van der Waals surface area contributed by atoms with Gasteiger partial charge in [0.05, 0.1) is 11.2 Å². The standard InChI is InChI=1S/C20H26N2O5S/c1-13(2)15-7-9-16(10-8-15)28(25,26)18(17-6-5-11-27-17)12-21-19(23)20(24)22-14(3)4/h5-11,13-14,18H,12H2,1-4H3,(H,21,23)(H,22,24)/t18-/m1/s1. The Labute approximate surface area is 165 Å². The SMILES string of the molecule is CC(C)NC(=O)C(=O)NC[C@H](c1ccco1)S(=O)(=O)c1ccc(C(C)C)cc1. The Kier molecular flexibility index (Phi) is 7.01. The molecule has 0 spiro atoms. The average Bonchev–Trinajstić information content (AvgIpc) is 3.15. The van der Waals surface area contributed by atoms with E-state index in [4.69, 9.17) is 4.42 Å². The van der Waals surface area contributed by atoms with Crippen LogP contribution in [0.25, 0.3) is 0 Å². The molecule has 2 aromatic rings. The second kappa shape index (κ2) is 9.05. The molecule has 0 saturated carbocycles. The van der Waals surface area contributed by atoms with Gasteiger partial charge in [-0.25, -0.2) is 8.42 Å². The summed E-state index contributed by atoms with van der Waals surface area (Å²) < 4.78 is 31.6. The van der Waals surface area contributed by atoms with Crippen molar-refractivity contribution >= 4 is 21.7 Å². The van der Waals surface area contributed by atoms with Crippen LogP contribution in [0.2, 0.25) is 0 Å². The average molecular weight is 407 g/mol. The summed E-state index contributed by atoms with van der Waals surface area (Å²) in [5, 5.41) is 3.71. The first-order valence-electron chi connectivity index (χ1n) is 9.09. The summed E-state index contributed by atoms with van der Waals surface area (Å²) in [6.45, 7) is 7.20. The zero-order valence-corrected chi connectivity index (χ0v) is 17.2. The van der Waals surface area contributed by atoms with E-state index >= 15 is 0 Å². The fourth-order valence-corrected chi connectivity index (χ4v) is 4.22. The first kappa shape index (κ1) is 21.7. The third kappa shape index (κ3) is 5.22. The summed E-state index contributed by atoms with van der Waals surface area (Å²) in [6, 6.07) is 9.54. The number of sulfone groups is 1. The Bertz CT molecular complexity index is 901. The van der Waals surface area contributed by atoms with Crippen LogP contribution < -0.4 is 10.6 Å². The fraction of sp³-hybridized carbons (Fsp3) is 0.400. The minimum atomic E-state index is -3.85. The van der Waals surface area contributed by atoms with Gasteiger partial charge in [0.25, 0.3) is 0 Å². The van der Waals surface area contributed by atoms with E-state index in [0.29, 0.717) is 0 Å². The smallest absolute Gasteiger partial charge is 0.309 e. The maximum atomic E-state index is 13.2. The van der Waals surface area contributed by atoms with Gasteiger partial charge in [-0.3, -0.25) is 9.59 Å². The third-order valence-corrected chi connectivity index (χ3v) is 6.26. The Hall–Kier alpha value is -2.61. The number of benzene rings is 1. The monoisotopic (exact) mass is 406 g/mol. The maximum Gasteiger partial charge on any atom is 0.309 e. The summed E-state index contributed by atoms with van der Waals surface area (Å²) in [5.74, 6) is -1.24. The van der Waals surface area contributed by atoms with Gasteiger partial charge >= 0.3 is 11.8 Å². The van der Waals surface area contributed by atoms with Crippen LogP contribution in [0, 0.1) is 0 Å². The number of carbonyl (C=O) groups excluding carboxylic acids is 2. The van der Waals surface area contributed by atoms with E-state index in [-0.39, 0.29) is 29.2 Å². The zero-order chi connectivity index (χ0) is 20.9. The molecular weight excluding hydrogens is 380 g/mol. The first-order valence-corrected chi connectivity index (χ1v) is 10.6. The molecule has 0 saturated heterocycles. The van der Waals surface area contributed by atoms with Crippen molar-refractivity contribution in [1.29, 1.82) is 0 Å². The van der Waals surface area contributed by atoms with E-state index in [2.05, 4.69) is 10.6 Å². The summed E-state index contributed by atoms with van der Waals surface area (Å²) in [6.07, 6.45) is 1.37. The molecule has 8 heteroatoms. The van der Waals surface area contributed by atoms with Crippen LogP contribution in [0.3, 0.4) is 0 Å². The van der Waals surface area contributed by atoms with Crippen LogP contribution in [0.4, 0.5) is 0 Å². The Morgan fingerprint density at radius 1 is 1.00 bits per heavy atom. The van der Waals surface area contributed by atoms with E-state index in [1.807, 2.05) is 13.8 Å². The number of amides is 2. The summed E-state index contributed by atoms with van der Waals surface area (Å²) in [7, 11) is -3.85. The fourth-order valence-electron chi connectivity index (χ4n) is 2.64. The summed E-state index contributed by atoms with van der Waals surface area (Å²) in [5.41, 5.74) is 1.02. The van der Waals surface area contributed by atoms with Crippen molar-refractivity contribution in [3.05, 3.63) is 54.0 Å². The predicted octanol–water partition coefficient (Wildman–Crippen LogP) is 2.56. The number of hydrogen-bond donors (Lipinski definition) is 2. The molecule has 7 nitrogen and oxygen atoms in total. The van der Waals surface area contributed by atoms with E-state index in [9.17, 15) is 18.0 Å². The minimum absolute atomic E-state index is 0.124. The second-order valence-corrected chi connectivity index (χ2v) is 9.24. The van der Waals surface area contributed by atoms with Crippen molar-refractivity contribution in [2.24, 2.45) is 0 Å². The molecule has 0 aliphatic heterocycles. The van der Waals surface area contributed by atoms with E-state index in [1.54, 1.807) is 44.2 Å². The number of furan rings is 1. The summed E-state index contributed by atoms with van der Waals surface area (Å²) >= 11 is 0. The topological polar surface area (TPSA) is 105 Å². The number of rotatable bonds is 7. The van der Waals surface area contributed by atoms with Crippen molar-refractivity contribution in [3.63, 3.8) is 0 Å². The molecule has 0 aliphatic rings. The van der Waals surface area contributed by atoms with Gasteiger partial charge in [-0.2, -0.15) is 0 Å². The molecule has 0 unspecified atom stereocenters. The highest BCUT2D eigenvalue weighted by Gasteiger charge is 2.32. The second-order valence-electron chi connectivity index (χ2n) is 7.11. The molecule has 1 aromatic heterocycles. The van der Waals surface area contributed by atoms with Crippen LogP contribution in [0.1, 0.15) is 50.2 Å². The van der Waals surface area contributed by atoms with Gasteiger partial charge in [0.15, 0.2) is 9.84 Å².